The van der Waals surface area contributed by atoms with Crippen molar-refractivity contribution in [3.05, 3.63) is 46.7 Å². The molecule has 10 heteroatoms. The van der Waals surface area contributed by atoms with E-state index in [2.05, 4.69) is 9.97 Å². The molecule has 0 saturated carbocycles. The summed E-state index contributed by atoms with van der Waals surface area (Å²) < 4.78 is 40.3. The summed E-state index contributed by atoms with van der Waals surface area (Å²) in [6.45, 7) is 4.76. The molecule has 1 amide bonds. The van der Waals surface area contributed by atoms with Gasteiger partial charge in [0.15, 0.2) is 21.3 Å². The Morgan fingerprint density at radius 1 is 1.23 bits per heavy atom. The number of halogens is 1. The van der Waals surface area contributed by atoms with Crippen LogP contribution in [0.5, 0.6) is 0 Å². The number of thiazole rings is 1. The highest BCUT2D eigenvalue weighted by atomic mass is 32.2. The SMILES string of the molecule is CC(C)(C)S(=O)(=O)C[C@H](CC(=O)C(F)(CC(N)=O)Cc1cscn1)Cc1ccncc1. The van der Waals surface area contributed by atoms with E-state index in [9.17, 15) is 18.0 Å². The van der Waals surface area contributed by atoms with Gasteiger partial charge in [0.1, 0.15) is 0 Å². The topological polar surface area (TPSA) is 120 Å². The fourth-order valence-electron chi connectivity index (χ4n) is 3.20. The van der Waals surface area contributed by atoms with E-state index in [1.807, 2.05) is 0 Å². The molecule has 2 aromatic heterocycles. The summed E-state index contributed by atoms with van der Waals surface area (Å²) in [5.74, 6) is -2.74. The molecule has 0 spiro atoms. The number of pyridine rings is 1. The first-order chi connectivity index (χ1) is 14.3. The lowest BCUT2D eigenvalue weighted by Crippen LogP contribution is -2.42. The monoisotopic (exact) mass is 469 g/mol. The molecule has 2 aromatic rings. The highest BCUT2D eigenvalue weighted by Crippen LogP contribution is 2.29. The van der Waals surface area contributed by atoms with Crippen molar-refractivity contribution in [3.63, 3.8) is 0 Å². The predicted molar refractivity (Wildman–Crippen MR) is 118 cm³/mol. The number of carbonyl (C=O) groups is 2. The number of Topliss-reactive ketones (excluding diaryl/α,β-unsaturated/α-hetero) is 1. The second-order valence-corrected chi connectivity index (χ2v) is 12.2. The molecule has 0 aliphatic rings. The Labute approximate surface area is 186 Å². The Morgan fingerprint density at radius 3 is 2.39 bits per heavy atom. The molecule has 0 bridgehead atoms. The van der Waals surface area contributed by atoms with Crippen molar-refractivity contribution in [2.45, 2.75) is 56.9 Å². The highest BCUT2D eigenvalue weighted by Gasteiger charge is 2.42. The highest BCUT2D eigenvalue weighted by molar-refractivity contribution is 7.92. The van der Waals surface area contributed by atoms with Crippen LogP contribution in [0.4, 0.5) is 4.39 Å². The van der Waals surface area contributed by atoms with Crippen molar-refractivity contribution in [3.8, 4) is 0 Å². The van der Waals surface area contributed by atoms with Gasteiger partial charge < -0.3 is 5.73 Å². The number of hydrogen-bond acceptors (Lipinski definition) is 7. The molecule has 2 N–H and O–H groups in total. The van der Waals surface area contributed by atoms with E-state index in [4.69, 9.17) is 5.73 Å². The van der Waals surface area contributed by atoms with Gasteiger partial charge in [0.2, 0.25) is 5.91 Å². The number of nitrogens with zero attached hydrogens (tertiary/aromatic N) is 2. The fraction of sp³-hybridized carbons (Fsp3) is 0.524. The van der Waals surface area contributed by atoms with Gasteiger partial charge in [-0.3, -0.25) is 14.6 Å². The smallest absolute Gasteiger partial charge is 0.221 e. The first kappa shape index (κ1) is 25.1. The summed E-state index contributed by atoms with van der Waals surface area (Å²) in [4.78, 5) is 32.5. The van der Waals surface area contributed by atoms with Gasteiger partial charge in [-0.2, -0.15) is 0 Å². The molecular weight excluding hydrogens is 441 g/mol. The molecule has 0 fully saturated rings. The zero-order chi connectivity index (χ0) is 23.3. The van der Waals surface area contributed by atoms with E-state index >= 15 is 4.39 Å². The van der Waals surface area contributed by atoms with Crippen molar-refractivity contribution in [2.24, 2.45) is 11.7 Å². The van der Waals surface area contributed by atoms with Gasteiger partial charge in [-0.15, -0.1) is 11.3 Å². The van der Waals surface area contributed by atoms with Crippen molar-refractivity contribution < 1.29 is 22.4 Å². The van der Waals surface area contributed by atoms with Gasteiger partial charge in [-0.05, 0) is 50.8 Å². The number of sulfone groups is 1. The van der Waals surface area contributed by atoms with Crippen LogP contribution in [0.1, 0.15) is 44.9 Å². The molecule has 0 saturated heterocycles. The number of amides is 1. The van der Waals surface area contributed by atoms with Gasteiger partial charge in [-0.1, -0.05) is 0 Å². The summed E-state index contributed by atoms with van der Waals surface area (Å²) in [5.41, 5.74) is 5.30. The molecule has 0 radical (unpaired) electrons. The van der Waals surface area contributed by atoms with Crippen LogP contribution in [0.25, 0.3) is 0 Å². The first-order valence-corrected chi connectivity index (χ1v) is 12.4. The van der Waals surface area contributed by atoms with Crippen LogP contribution in [0.2, 0.25) is 0 Å². The summed E-state index contributed by atoms with van der Waals surface area (Å²) in [5, 5.41) is 1.60. The number of ketones is 1. The Bertz CT molecular complexity index is 989. The van der Waals surface area contributed by atoms with Crippen LogP contribution < -0.4 is 5.73 Å². The number of aromatic nitrogens is 2. The Balaban J connectivity index is 2.31. The van der Waals surface area contributed by atoms with Crippen LogP contribution >= 0.6 is 11.3 Å². The van der Waals surface area contributed by atoms with E-state index in [-0.39, 0.29) is 25.0 Å². The van der Waals surface area contributed by atoms with Crippen molar-refractivity contribution >= 4 is 32.9 Å². The standard InChI is InChI=1S/C21H28FN3O4S2/c1-20(2,3)31(28,29)13-16(8-15-4-6-24-7-5-15)9-18(26)21(22,11-19(23)27)10-17-12-30-14-25-17/h4-7,12,14,16H,8-11,13H2,1-3H3,(H2,23,27)/t16-,21?/m0/s1. The second kappa shape index (κ2) is 9.95. The molecule has 1 unspecified atom stereocenters. The molecule has 2 heterocycles. The number of carbonyl (C=O) groups excluding carboxylic acids is 2. The first-order valence-electron chi connectivity index (χ1n) is 9.81. The van der Waals surface area contributed by atoms with Crippen molar-refractivity contribution in [2.75, 3.05) is 5.75 Å². The maximum atomic E-state index is 15.7. The predicted octanol–water partition coefficient (Wildman–Crippen LogP) is 2.70. The number of alkyl halides is 1. The van der Waals surface area contributed by atoms with E-state index < -0.39 is 44.3 Å². The van der Waals surface area contributed by atoms with Crippen molar-refractivity contribution in [1.82, 2.24) is 9.97 Å². The second-order valence-electron chi connectivity index (χ2n) is 8.71. The Morgan fingerprint density at radius 2 is 1.87 bits per heavy atom. The van der Waals surface area contributed by atoms with Crippen LogP contribution in [0.3, 0.4) is 0 Å². The normalized spacial score (nSPS) is 15.2. The largest absolute Gasteiger partial charge is 0.370 e. The van der Waals surface area contributed by atoms with E-state index in [1.54, 1.807) is 50.7 Å². The molecule has 7 nitrogen and oxygen atoms in total. The minimum Gasteiger partial charge on any atom is -0.370 e. The maximum absolute atomic E-state index is 15.7. The molecular formula is C21H28FN3O4S2. The zero-order valence-corrected chi connectivity index (χ0v) is 19.5. The average molecular weight is 470 g/mol. The molecule has 2 atom stereocenters. The van der Waals surface area contributed by atoms with Gasteiger partial charge >= 0.3 is 0 Å². The molecule has 2 rings (SSSR count). The summed E-state index contributed by atoms with van der Waals surface area (Å²) in [6.07, 6.45) is 1.89. The van der Waals surface area contributed by atoms with Gasteiger partial charge in [0.05, 0.1) is 28.1 Å². The lowest BCUT2D eigenvalue weighted by Gasteiger charge is -2.27. The zero-order valence-electron chi connectivity index (χ0n) is 17.9. The molecule has 0 aliphatic carbocycles. The Kier molecular flexibility index (Phi) is 8.04. The number of hydrogen-bond donors (Lipinski definition) is 1. The van der Waals surface area contributed by atoms with Crippen LogP contribution in [-0.4, -0.2) is 46.2 Å². The quantitative estimate of drug-likeness (QED) is 0.540. The Hall–Kier alpha value is -2.20. The van der Waals surface area contributed by atoms with Crippen LogP contribution in [0, 0.1) is 5.92 Å². The summed E-state index contributed by atoms with van der Waals surface area (Å²) >= 11 is 1.25. The maximum Gasteiger partial charge on any atom is 0.221 e. The number of nitrogens with two attached hydrogens (primary N) is 1. The molecule has 31 heavy (non-hydrogen) atoms. The summed E-state index contributed by atoms with van der Waals surface area (Å²) in [6, 6.07) is 3.45. The minimum absolute atomic E-state index is 0.257. The lowest BCUT2D eigenvalue weighted by atomic mass is 9.85. The molecule has 170 valence electrons. The van der Waals surface area contributed by atoms with E-state index in [0.717, 1.165) is 5.56 Å². The third kappa shape index (κ3) is 7.17. The average Bonchev–Trinajstić information content (AvgIpc) is 3.13. The van der Waals surface area contributed by atoms with Gasteiger partial charge in [0.25, 0.3) is 0 Å². The number of primary amides is 1. The van der Waals surface area contributed by atoms with E-state index in [0.29, 0.717) is 5.69 Å². The van der Waals surface area contributed by atoms with Gasteiger partial charge in [0, 0.05) is 30.6 Å². The third-order valence-electron chi connectivity index (χ3n) is 5.03. The van der Waals surface area contributed by atoms with Crippen molar-refractivity contribution in [1.29, 1.82) is 0 Å². The number of rotatable bonds is 11. The minimum atomic E-state index is -3.57. The van der Waals surface area contributed by atoms with E-state index in [1.165, 1.54) is 16.8 Å². The molecule has 0 aliphatic heterocycles. The molecule has 0 aromatic carbocycles. The van der Waals surface area contributed by atoms with Crippen LogP contribution in [-0.2, 0) is 32.3 Å². The lowest BCUT2D eigenvalue weighted by molar-refractivity contribution is -0.136. The third-order valence-corrected chi connectivity index (χ3v) is 8.45. The summed E-state index contributed by atoms with van der Waals surface area (Å²) in [7, 11) is -3.57. The van der Waals surface area contributed by atoms with Crippen LogP contribution in [0.15, 0.2) is 35.4 Å². The van der Waals surface area contributed by atoms with Gasteiger partial charge in [-0.25, -0.2) is 17.8 Å². The fourth-order valence-corrected chi connectivity index (χ4v) is 5.11.